The predicted molar refractivity (Wildman–Crippen MR) is 86.9 cm³/mol. The van der Waals surface area contributed by atoms with Gasteiger partial charge in [-0.15, -0.1) is 22.7 Å². The highest BCUT2D eigenvalue weighted by molar-refractivity contribution is 7.33. The van der Waals surface area contributed by atoms with E-state index in [9.17, 15) is 4.79 Å². The Kier molecular flexibility index (Phi) is 2.82. The maximum absolute atomic E-state index is 12.6. The van der Waals surface area contributed by atoms with Gasteiger partial charge >= 0.3 is 0 Å². The molecule has 0 radical (unpaired) electrons. The maximum Gasteiger partial charge on any atom is 0.264 e. The summed E-state index contributed by atoms with van der Waals surface area (Å²) in [5.41, 5.74) is 0. The third-order valence-corrected chi connectivity index (χ3v) is 6.25. The lowest BCUT2D eigenvalue weighted by molar-refractivity contribution is 0.0757. The normalized spacial score (nSPS) is 15.1. The monoisotopic (exact) mass is 301 g/mol. The van der Waals surface area contributed by atoms with Crippen molar-refractivity contribution in [3.05, 3.63) is 35.2 Å². The first kappa shape index (κ1) is 12.4. The molecule has 1 aliphatic carbocycles. The molecular weight excluding hydrogens is 286 g/mol. The molecule has 1 saturated carbocycles. The second-order valence-corrected chi connectivity index (χ2v) is 7.36. The van der Waals surface area contributed by atoms with Gasteiger partial charge in [-0.2, -0.15) is 0 Å². The summed E-state index contributed by atoms with van der Waals surface area (Å²) in [4.78, 5) is 15.5. The second-order valence-electron chi connectivity index (χ2n) is 5.22. The Labute approximate surface area is 125 Å². The van der Waals surface area contributed by atoms with Crippen LogP contribution in [0.4, 0.5) is 0 Å². The lowest BCUT2D eigenvalue weighted by Gasteiger charge is -2.19. The zero-order valence-corrected chi connectivity index (χ0v) is 12.9. The summed E-state index contributed by atoms with van der Waals surface area (Å²) in [6, 6.07) is 11.0. The number of carbonyl (C=O) groups excluding carboxylic acids is 1. The summed E-state index contributed by atoms with van der Waals surface area (Å²) in [6.45, 7) is 2.89. The van der Waals surface area contributed by atoms with Gasteiger partial charge in [-0.05, 0) is 31.9 Å². The van der Waals surface area contributed by atoms with Crippen LogP contribution in [0.5, 0.6) is 0 Å². The summed E-state index contributed by atoms with van der Waals surface area (Å²) in [6.07, 6.45) is 2.34. The zero-order valence-electron chi connectivity index (χ0n) is 11.3. The van der Waals surface area contributed by atoms with Crippen LogP contribution in [0.15, 0.2) is 30.3 Å². The maximum atomic E-state index is 12.6. The van der Waals surface area contributed by atoms with E-state index >= 15 is 0 Å². The van der Waals surface area contributed by atoms with E-state index in [1.807, 2.05) is 4.90 Å². The first-order chi connectivity index (χ1) is 9.78. The van der Waals surface area contributed by atoms with Gasteiger partial charge in [-0.3, -0.25) is 4.79 Å². The Morgan fingerprint density at radius 3 is 2.80 bits per heavy atom. The van der Waals surface area contributed by atoms with Gasteiger partial charge < -0.3 is 4.90 Å². The van der Waals surface area contributed by atoms with Crippen LogP contribution in [-0.4, -0.2) is 23.4 Å². The van der Waals surface area contributed by atoms with Crippen molar-refractivity contribution < 1.29 is 4.79 Å². The minimum absolute atomic E-state index is 0.215. The van der Waals surface area contributed by atoms with Crippen molar-refractivity contribution >= 4 is 48.1 Å². The smallest absolute Gasteiger partial charge is 0.264 e. The predicted octanol–water partition coefficient (Wildman–Crippen LogP) is 4.74. The van der Waals surface area contributed by atoms with Crippen LogP contribution in [-0.2, 0) is 0 Å². The van der Waals surface area contributed by atoms with Crippen LogP contribution in [0, 0.1) is 0 Å². The number of hydrogen-bond acceptors (Lipinski definition) is 3. The third-order valence-electron chi connectivity index (χ3n) is 3.85. The van der Waals surface area contributed by atoms with E-state index in [4.69, 9.17) is 0 Å². The van der Waals surface area contributed by atoms with Crippen LogP contribution in [0.3, 0.4) is 0 Å². The molecule has 1 amide bonds. The molecule has 2 nitrogen and oxygen atoms in total. The fraction of sp³-hybridized carbons (Fsp3) is 0.312. The molecule has 2 heterocycles. The summed E-state index contributed by atoms with van der Waals surface area (Å²) in [7, 11) is 0. The summed E-state index contributed by atoms with van der Waals surface area (Å²) >= 11 is 3.43. The van der Waals surface area contributed by atoms with Gasteiger partial charge in [-0.1, -0.05) is 18.2 Å². The van der Waals surface area contributed by atoms with E-state index in [0.29, 0.717) is 6.04 Å². The van der Waals surface area contributed by atoms with E-state index in [2.05, 4.69) is 37.3 Å². The number of fused-ring (bicyclic) bond motifs is 3. The molecule has 0 aliphatic heterocycles. The SMILES string of the molecule is CCN(C(=O)c1cc2sc3ccccc3c2s1)C1CC1. The molecule has 0 atom stereocenters. The molecular formula is C16H15NOS2. The van der Waals surface area contributed by atoms with E-state index in [0.717, 1.165) is 11.4 Å². The Bertz CT molecular complexity index is 797. The van der Waals surface area contributed by atoms with Crippen molar-refractivity contribution in [2.24, 2.45) is 0 Å². The molecule has 102 valence electrons. The molecule has 4 heteroatoms. The Balaban J connectivity index is 1.78. The van der Waals surface area contributed by atoms with Crippen molar-refractivity contribution in [3.8, 4) is 0 Å². The van der Waals surface area contributed by atoms with Gasteiger partial charge in [-0.25, -0.2) is 0 Å². The fourth-order valence-corrected chi connectivity index (χ4v) is 5.18. The molecule has 1 aromatic carbocycles. The van der Waals surface area contributed by atoms with Crippen molar-refractivity contribution in [2.45, 2.75) is 25.8 Å². The number of amides is 1. The molecule has 3 aromatic rings. The average Bonchev–Trinajstić information content (AvgIpc) is 3.10. The van der Waals surface area contributed by atoms with Gasteiger partial charge in [0.25, 0.3) is 5.91 Å². The van der Waals surface area contributed by atoms with E-state index in [1.54, 1.807) is 22.7 Å². The molecule has 1 fully saturated rings. The standard InChI is InChI=1S/C16H15NOS2/c1-2-17(10-7-8-10)16(18)14-9-13-15(20-14)11-5-3-4-6-12(11)19-13/h3-6,9-10H,2,7-8H2,1H3. The molecule has 1 aliphatic rings. The molecule has 0 N–H and O–H groups in total. The second kappa shape index (κ2) is 4.57. The van der Waals surface area contributed by atoms with Crippen molar-refractivity contribution in [1.29, 1.82) is 0 Å². The molecule has 4 rings (SSSR count). The van der Waals surface area contributed by atoms with Crippen LogP contribution in [0.2, 0.25) is 0 Å². The van der Waals surface area contributed by atoms with E-state index in [1.165, 1.54) is 32.3 Å². The number of rotatable bonds is 3. The molecule has 2 aromatic heterocycles. The van der Waals surface area contributed by atoms with Crippen LogP contribution in [0.1, 0.15) is 29.4 Å². The topological polar surface area (TPSA) is 20.3 Å². The molecule has 0 saturated heterocycles. The van der Waals surface area contributed by atoms with Gasteiger partial charge in [0.15, 0.2) is 0 Å². The average molecular weight is 301 g/mol. The van der Waals surface area contributed by atoms with Crippen LogP contribution in [0.25, 0.3) is 19.5 Å². The number of benzene rings is 1. The summed E-state index contributed by atoms with van der Waals surface area (Å²) in [5, 5.41) is 1.28. The quantitative estimate of drug-likeness (QED) is 0.684. The summed E-state index contributed by atoms with van der Waals surface area (Å²) in [5.74, 6) is 0.215. The van der Waals surface area contributed by atoms with Gasteiger partial charge in [0, 0.05) is 27.4 Å². The van der Waals surface area contributed by atoms with Crippen LogP contribution < -0.4 is 0 Å². The van der Waals surface area contributed by atoms with Crippen molar-refractivity contribution in [2.75, 3.05) is 6.54 Å². The van der Waals surface area contributed by atoms with Crippen molar-refractivity contribution in [3.63, 3.8) is 0 Å². The lowest BCUT2D eigenvalue weighted by Crippen LogP contribution is -2.32. The molecule has 0 bridgehead atoms. The summed E-state index contributed by atoms with van der Waals surface area (Å²) < 4.78 is 3.81. The number of hydrogen-bond donors (Lipinski definition) is 0. The first-order valence-corrected chi connectivity index (χ1v) is 8.63. The minimum atomic E-state index is 0.215. The van der Waals surface area contributed by atoms with Gasteiger partial charge in [0.1, 0.15) is 0 Å². The van der Waals surface area contributed by atoms with Gasteiger partial charge in [0.2, 0.25) is 0 Å². The van der Waals surface area contributed by atoms with E-state index < -0.39 is 0 Å². The Hall–Kier alpha value is -1.39. The third kappa shape index (κ3) is 1.86. The largest absolute Gasteiger partial charge is 0.335 e. The highest BCUT2D eigenvalue weighted by Gasteiger charge is 2.32. The van der Waals surface area contributed by atoms with Gasteiger partial charge in [0.05, 0.1) is 9.58 Å². The Morgan fingerprint density at radius 1 is 1.25 bits per heavy atom. The molecule has 0 unspecified atom stereocenters. The highest BCUT2D eigenvalue weighted by atomic mass is 32.1. The first-order valence-electron chi connectivity index (χ1n) is 7.00. The minimum Gasteiger partial charge on any atom is -0.335 e. The fourth-order valence-electron chi connectivity index (χ4n) is 2.70. The molecule has 20 heavy (non-hydrogen) atoms. The number of thiophene rings is 2. The Morgan fingerprint density at radius 2 is 2.05 bits per heavy atom. The molecule has 0 spiro atoms. The zero-order chi connectivity index (χ0) is 13.7. The van der Waals surface area contributed by atoms with Crippen molar-refractivity contribution in [1.82, 2.24) is 4.90 Å². The number of carbonyl (C=O) groups is 1. The lowest BCUT2D eigenvalue weighted by atomic mass is 10.2. The highest BCUT2D eigenvalue weighted by Crippen LogP contribution is 2.40. The van der Waals surface area contributed by atoms with E-state index in [-0.39, 0.29) is 5.91 Å². The number of nitrogens with zero attached hydrogens (tertiary/aromatic N) is 1. The van der Waals surface area contributed by atoms with Crippen LogP contribution >= 0.6 is 22.7 Å².